The van der Waals surface area contributed by atoms with E-state index in [1.807, 2.05) is 41.9 Å². The Morgan fingerprint density at radius 3 is 2.37 bits per heavy atom. The fourth-order valence-electron chi connectivity index (χ4n) is 4.85. The maximum absolute atomic E-state index is 13.2. The molecule has 0 bridgehead atoms. The number of fused-ring (bicyclic) bond motifs is 1. The second-order valence-corrected chi connectivity index (χ2v) is 9.11. The van der Waals surface area contributed by atoms with E-state index in [0.717, 1.165) is 35.2 Å². The summed E-state index contributed by atoms with van der Waals surface area (Å²) in [7, 11) is 1.60. The molecule has 1 aliphatic rings. The van der Waals surface area contributed by atoms with Crippen molar-refractivity contribution >= 4 is 5.97 Å². The minimum Gasteiger partial charge on any atom is -0.497 e. The van der Waals surface area contributed by atoms with Crippen molar-refractivity contribution in [3.05, 3.63) is 101 Å². The number of carbonyl (C=O) groups is 1. The number of hydrogen-bond acceptors (Lipinski definition) is 4. The van der Waals surface area contributed by atoms with Gasteiger partial charge in [-0.05, 0) is 86.1 Å². The highest BCUT2D eigenvalue weighted by Gasteiger charge is 2.26. The van der Waals surface area contributed by atoms with Crippen molar-refractivity contribution in [2.75, 3.05) is 7.11 Å². The highest BCUT2D eigenvalue weighted by molar-refractivity contribution is 5.92. The summed E-state index contributed by atoms with van der Waals surface area (Å²) in [4.78, 5) is 13.2. The molecule has 1 aliphatic carbocycles. The molecule has 35 heavy (non-hydrogen) atoms. The second-order valence-electron chi connectivity index (χ2n) is 9.11. The predicted molar refractivity (Wildman–Crippen MR) is 137 cm³/mol. The Kier molecular flexibility index (Phi) is 6.41. The van der Waals surface area contributed by atoms with Gasteiger partial charge in [-0.25, -0.2) is 9.48 Å². The molecule has 0 saturated carbocycles. The van der Waals surface area contributed by atoms with E-state index in [1.165, 1.54) is 24.0 Å². The molecule has 178 valence electrons. The summed E-state index contributed by atoms with van der Waals surface area (Å²) >= 11 is 0. The fraction of sp³-hybridized carbons (Fsp3) is 0.267. The van der Waals surface area contributed by atoms with Crippen LogP contribution in [-0.2, 0) is 12.8 Å². The molecular weight excluding hydrogens is 436 g/mol. The van der Waals surface area contributed by atoms with Crippen molar-refractivity contribution in [3.8, 4) is 22.8 Å². The van der Waals surface area contributed by atoms with Gasteiger partial charge in [-0.15, -0.1) is 0 Å². The topological polar surface area (TPSA) is 53.4 Å². The number of aryl methyl sites for hydroxylation is 3. The Hall–Kier alpha value is -3.86. The number of rotatable bonds is 6. The molecule has 4 aromatic rings. The number of methoxy groups -OCH3 is 1. The highest BCUT2D eigenvalue weighted by Crippen LogP contribution is 2.37. The fourth-order valence-corrected chi connectivity index (χ4v) is 4.85. The number of ether oxygens (including phenoxy) is 2. The van der Waals surface area contributed by atoms with Crippen molar-refractivity contribution in [1.82, 2.24) is 9.78 Å². The minimum atomic E-state index is -0.427. The molecule has 0 saturated heterocycles. The van der Waals surface area contributed by atoms with Gasteiger partial charge in [0.2, 0.25) is 5.88 Å². The van der Waals surface area contributed by atoms with Crippen LogP contribution < -0.4 is 9.47 Å². The first-order chi connectivity index (χ1) is 17.0. The van der Waals surface area contributed by atoms with Crippen LogP contribution >= 0.6 is 0 Å². The summed E-state index contributed by atoms with van der Waals surface area (Å²) < 4.78 is 13.2. The molecule has 0 aliphatic heterocycles. The Bertz CT molecular complexity index is 1340. The van der Waals surface area contributed by atoms with Gasteiger partial charge in [-0.2, -0.15) is 5.10 Å². The molecule has 1 heterocycles. The van der Waals surface area contributed by atoms with Crippen LogP contribution in [0.4, 0.5) is 0 Å². The molecule has 3 aromatic carbocycles. The van der Waals surface area contributed by atoms with Crippen LogP contribution in [0.1, 0.15) is 58.5 Å². The molecule has 0 radical (unpaired) electrons. The summed E-state index contributed by atoms with van der Waals surface area (Å²) in [6.07, 6.45) is 4.75. The lowest BCUT2D eigenvalue weighted by molar-refractivity contribution is 0.0717. The van der Waals surface area contributed by atoms with Crippen LogP contribution in [0.2, 0.25) is 0 Å². The molecular formula is C30H30N2O3. The lowest BCUT2D eigenvalue weighted by atomic mass is 9.89. The minimum absolute atomic E-state index is 0.0999. The maximum Gasteiger partial charge on any atom is 0.344 e. The van der Waals surface area contributed by atoms with Crippen molar-refractivity contribution < 1.29 is 14.3 Å². The van der Waals surface area contributed by atoms with Gasteiger partial charge in [0.25, 0.3) is 0 Å². The molecule has 1 atom stereocenters. The van der Waals surface area contributed by atoms with E-state index >= 15 is 0 Å². The number of benzene rings is 3. The number of esters is 1. The van der Waals surface area contributed by atoms with E-state index in [0.29, 0.717) is 17.2 Å². The first-order valence-electron chi connectivity index (χ1n) is 12.2. The van der Waals surface area contributed by atoms with E-state index in [-0.39, 0.29) is 6.04 Å². The van der Waals surface area contributed by atoms with Gasteiger partial charge in [-0.1, -0.05) is 48.5 Å². The second kappa shape index (κ2) is 9.79. The van der Waals surface area contributed by atoms with Gasteiger partial charge in [0.15, 0.2) is 0 Å². The summed E-state index contributed by atoms with van der Waals surface area (Å²) in [6, 6.07) is 23.5. The van der Waals surface area contributed by atoms with E-state index in [1.54, 1.807) is 31.4 Å². The largest absolute Gasteiger partial charge is 0.497 e. The van der Waals surface area contributed by atoms with E-state index in [9.17, 15) is 4.79 Å². The van der Waals surface area contributed by atoms with Crippen LogP contribution in [0.3, 0.4) is 0 Å². The average molecular weight is 467 g/mol. The third-order valence-electron chi connectivity index (χ3n) is 6.84. The molecule has 5 nitrogen and oxygen atoms in total. The molecule has 1 unspecified atom stereocenters. The van der Waals surface area contributed by atoms with Crippen LogP contribution in [-0.4, -0.2) is 22.9 Å². The van der Waals surface area contributed by atoms with Crippen LogP contribution in [0.25, 0.3) is 11.1 Å². The monoisotopic (exact) mass is 466 g/mol. The summed E-state index contributed by atoms with van der Waals surface area (Å²) in [5.74, 6) is 0.719. The first-order valence-corrected chi connectivity index (χ1v) is 12.2. The van der Waals surface area contributed by atoms with Gasteiger partial charge in [-0.3, -0.25) is 0 Å². The summed E-state index contributed by atoms with van der Waals surface area (Å²) in [5, 5.41) is 4.87. The lowest BCUT2D eigenvalue weighted by Crippen LogP contribution is -2.16. The van der Waals surface area contributed by atoms with Gasteiger partial charge < -0.3 is 9.47 Å². The number of carbonyl (C=O) groups excluding carboxylic acids is 1. The lowest BCUT2D eigenvalue weighted by Gasteiger charge is -2.21. The number of aromatic nitrogens is 2. The predicted octanol–water partition coefficient (Wildman–Crippen LogP) is 6.57. The number of hydrogen-bond donors (Lipinski definition) is 0. The Balaban J connectivity index is 1.56. The average Bonchev–Trinajstić information content (AvgIpc) is 3.23. The van der Waals surface area contributed by atoms with E-state index < -0.39 is 5.97 Å². The van der Waals surface area contributed by atoms with Crippen molar-refractivity contribution in [2.24, 2.45) is 0 Å². The van der Waals surface area contributed by atoms with Gasteiger partial charge in [0, 0.05) is 0 Å². The molecule has 0 N–H and O–H groups in total. The molecule has 5 rings (SSSR count). The smallest absolute Gasteiger partial charge is 0.344 e. The first kappa shape index (κ1) is 22.9. The SMILES string of the molecule is COc1ccc(C(=O)Oc2c(-c3ccccc3)c(C)nn2C(C)c2ccc3c(c2)CCCC3)cc1. The van der Waals surface area contributed by atoms with Crippen molar-refractivity contribution in [1.29, 1.82) is 0 Å². The molecule has 0 spiro atoms. The van der Waals surface area contributed by atoms with Gasteiger partial charge in [0.1, 0.15) is 5.75 Å². The molecule has 1 aromatic heterocycles. The molecule has 0 amide bonds. The Morgan fingerprint density at radius 1 is 0.943 bits per heavy atom. The van der Waals surface area contributed by atoms with E-state index in [4.69, 9.17) is 14.6 Å². The zero-order valence-corrected chi connectivity index (χ0v) is 20.5. The standard InChI is InChI=1S/C30H30N2O3/c1-20-28(23-10-5-4-6-11-23)29(35-30(33)24-15-17-27(34-3)18-16-24)32(31-20)21(2)25-14-13-22-9-7-8-12-26(22)19-25/h4-6,10-11,13-19,21H,7-9,12H2,1-3H3. The van der Waals surface area contributed by atoms with Gasteiger partial charge >= 0.3 is 5.97 Å². The van der Waals surface area contributed by atoms with Crippen LogP contribution in [0, 0.1) is 6.92 Å². The van der Waals surface area contributed by atoms with Crippen molar-refractivity contribution in [3.63, 3.8) is 0 Å². The van der Waals surface area contributed by atoms with Crippen LogP contribution in [0.15, 0.2) is 72.8 Å². The Morgan fingerprint density at radius 2 is 1.66 bits per heavy atom. The third-order valence-corrected chi connectivity index (χ3v) is 6.84. The summed E-state index contributed by atoms with van der Waals surface area (Å²) in [5.41, 5.74) is 7.10. The number of nitrogens with zero attached hydrogens (tertiary/aromatic N) is 2. The highest BCUT2D eigenvalue weighted by atomic mass is 16.5. The van der Waals surface area contributed by atoms with Gasteiger partial charge in [0.05, 0.1) is 30.0 Å². The quantitative estimate of drug-likeness (QED) is 0.301. The Labute approximate surface area is 206 Å². The molecule has 0 fully saturated rings. The van der Waals surface area contributed by atoms with Crippen molar-refractivity contribution in [2.45, 2.75) is 45.6 Å². The maximum atomic E-state index is 13.2. The van der Waals surface area contributed by atoms with Crippen LogP contribution in [0.5, 0.6) is 11.6 Å². The summed E-state index contributed by atoms with van der Waals surface area (Å²) in [6.45, 7) is 4.07. The zero-order chi connectivity index (χ0) is 24.4. The zero-order valence-electron chi connectivity index (χ0n) is 20.5. The third kappa shape index (κ3) is 4.59. The molecule has 5 heteroatoms. The van der Waals surface area contributed by atoms with E-state index in [2.05, 4.69) is 25.1 Å². The normalized spacial score (nSPS) is 13.7.